The van der Waals surface area contributed by atoms with Crippen LogP contribution in [-0.4, -0.2) is 74.6 Å². The molecule has 0 saturated heterocycles. The molecule has 0 radical (unpaired) electrons. The number of nitrogens with two attached hydrogens (primary N) is 2. The third kappa shape index (κ3) is 2.60. The van der Waals surface area contributed by atoms with Crippen molar-refractivity contribution >= 4 is 23.2 Å². The molecule has 0 aliphatic heterocycles. The fraction of sp³-hybridized carbons (Fsp3) is 0.409. The van der Waals surface area contributed by atoms with E-state index in [0.29, 0.717) is 5.56 Å². The summed E-state index contributed by atoms with van der Waals surface area (Å²) in [6.07, 6.45) is -0.423. The summed E-state index contributed by atoms with van der Waals surface area (Å²) in [4.78, 5) is 39.9. The van der Waals surface area contributed by atoms with E-state index in [2.05, 4.69) is 0 Å². The van der Waals surface area contributed by atoms with Gasteiger partial charge in [0.2, 0.25) is 5.78 Å². The molecule has 3 aliphatic rings. The Bertz CT molecular complexity index is 1140. The van der Waals surface area contributed by atoms with Crippen LogP contribution in [0, 0.1) is 11.8 Å². The first kappa shape index (κ1) is 22.0. The van der Waals surface area contributed by atoms with E-state index in [1.807, 2.05) is 0 Å². The van der Waals surface area contributed by atoms with Gasteiger partial charge in [0.05, 0.1) is 23.4 Å². The van der Waals surface area contributed by atoms with Crippen LogP contribution in [0.25, 0.3) is 0 Å². The Hall–Kier alpha value is -3.21. The number of phenols is 1. The number of aliphatic hydroxyl groups excluding tert-OH is 2. The summed E-state index contributed by atoms with van der Waals surface area (Å²) in [7, 11) is 3.10. The highest BCUT2D eigenvalue weighted by Crippen LogP contribution is 2.53. The summed E-state index contributed by atoms with van der Waals surface area (Å²) in [6.45, 7) is 1.74. The quantitative estimate of drug-likeness (QED) is 0.196. The van der Waals surface area contributed by atoms with Crippen molar-refractivity contribution in [3.05, 3.63) is 46.2 Å². The van der Waals surface area contributed by atoms with Crippen LogP contribution in [0.3, 0.4) is 0 Å². The highest BCUT2D eigenvalue weighted by Gasteiger charge is 2.63. The number of hydrogen-bond donors (Lipinski definition) is 6. The van der Waals surface area contributed by atoms with Crippen LogP contribution >= 0.6 is 0 Å². The van der Waals surface area contributed by atoms with Gasteiger partial charge in [-0.15, -0.1) is 0 Å². The molecular formula is C22H25N3O7. The number of aliphatic hydroxyl groups is 3. The van der Waals surface area contributed by atoms with Crippen LogP contribution in [0.15, 0.2) is 35.1 Å². The monoisotopic (exact) mass is 443 g/mol. The number of fused-ring (bicyclic) bond motifs is 3. The van der Waals surface area contributed by atoms with Crippen LogP contribution in [0.2, 0.25) is 0 Å². The van der Waals surface area contributed by atoms with Gasteiger partial charge in [-0.3, -0.25) is 19.3 Å². The number of rotatable bonds is 2. The Balaban J connectivity index is 2.00. The molecule has 0 aromatic heterocycles. The molecule has 0 bridgehead atoms. The van der Waals surface area contributed by atoms with Gasteiger partial charge in [-0.25, -0.2) is 0 Å². The van der Waals surface area contributed by atoms with Gasteiger partial charge in [-0.1, -0.05) is 13.0 Å². The number of likely N-dealkylation sites (N-methyl/N-ethyl adjacent to an activating group) is 1. The molecule has 32 heavy (non-hydrogen) atoms. The zero-order chi connectivity index (χ0) is 23.9. The van der Waals surface area contributed by atoms with Crippen molar-refractivity contribution in [2.45, 2.75) is 30.6 Å². The van der Waals surface area contributed by atoms with Crippen LogP contribution in [0.5, 0.6) is 5.75 Å². The van der Waals surface area contributed by atoms with Crippen molar-refractivity contribution < 1.29 is 34.8 Å². The number of carbonyl (C=O) groups excluding carboxylic acids is 3. The number of benzene rings is 1. The second-order valence-corrected chi connectivity index (χ2v) is 8.91. The average Bonchev–Trinajstić information content (AvgIpc) is 2.69. The largest absolute Gasteiger partial charge is 0.510 e. The Labute approximate surface area is 183 Å². The van der Waals surface area contributed by atoms with E-state index in [4.69, 9.17) is 11.5 Å². The molecule has 1 aromatic rings. The Kier molecular flexibility index (Phi) is 4.74. The number of phenolic OH excluding ortho intramolecular Hbond substituents is 1. The fourth-order valence-corrected chi connectivity index (χ4v) is 5.54. The van der Waals surface area contributed by atoms with Crippen molar-refractivity contribution in [2.75, 3.05) is 19.8 Å². The number of amides is 1. The molecule has 0 heterocycles. The molecule has 0 fully saturated rings. The fourth-order valence-electron chi connectivity index (χ4n) is 5.54. The first-order chi connectivity index (χ1) is 14.8. The number of nitrogens with zero attached hydrogens (tertiary/aromatic N) is 1. The minimum atomic E-state index is -2.49. The lowest BCUT2D eigenvalue weighted by atomic mass is 9.56. The van der Waals surface area contributed by atoms with E-state index < -0.39 is 70.1 Å². The SMILES string of the molecule is C[C@H]1c2ccc(N)c(O)c2C(=O)C2=C[C@]3(O)C(=O)C(C(N)=O)=C(O)[C@@H](N(C)C)C3[C@@H](O)C21. The predicted octanol–water partition coefficient (Wildman–Crippen LogP) is -0.651. The lowest BCUT2D eigenvalue weighted by Gasteiger charge is -2.52. The molecule has 0 spiro atoms. The summed E-state index contributed by atoms with van der Waals surface area (Å²) in [6, 6.07) is 1.92. The van der Waals surface area contributed by atoms with Crippen LogP contribution in [0.1, 0.15) is 28.8 Å². The highest BCUT2D eigenvalue weighted by molar-refractivity contribution is 6.24. The molecule has 8 N–H and O–H groups in total. The van der Waals surface area contributed by atoms with E-state index in [9.17, 15) is 34.8 Å². The summed E-state index contributed by atoms with van der Waals surface area (Å²) >= 11 is 0. The number of nitrogen functional groups attached to an aromatic ring is 1. The van der Waals surface area contributed by atoms with Gasteiger partial charge < -0.3 is 31.9 Å². The van der Waals surface area contributed by atoms with E-state index in [-0.39, 0.29) is 16.8 Å². The number of ketones is 2. The molecule has 1 aromatic carbocycles. The summed E-state index contributed by atoms with van der Waals surface area (Å²) in [5.41, 5.74) is 8.11. The maximum absolute atomic E-state index is 13.4. The minimum absolute atomic E-state index is 0.0124. The Morgan fingerprint density at radius 3 is 2.38 bits per heavy atom. The molecule has 2 unspecified atom stereocenters. The van der Waals surface area contributed by atoms with Gasteiger partial charge in [0.15, 0.2) is 11.4 Å². The van der Waals surface area contributed by atoms with Crippen molar-refractivity contribution in [1.29, 1.82) is 0 Å². The van der Waals surface area contributed by atoms with Crippen molar-refractivity contribution in [1.82, 2.24) is 4.90 Å². The molecule has 0 saturated carbocycles. The van der Waals surface area contributed by atoms with Gasteiger partial charge in [0.25, 0.3) is 5.91 Å². The summed E-state index contributed by atoms with van der Waals surface area (Å²) in [5.74, 6) is -6.81. The average molecular weight is 443 g/mol. The molecule has 170 valence electrons. The molecule has 1 amide bonds. The van der Waals surface area contributed by atoms with Crippen molar-refractivity contribution in [3.63, 3.8) is 0 Å². The predicted molar refractivity (Wildman–Crippen MR) is 113 cm³/mol. The van der Waals surface area contributed by atoms with E-state index in [1.165, 1.54) is 11.0 Å². The van der Waals surface area contributed by atoms with Gasteiger partial charge in [-0.2, -0.15) is 0 Å². The zero-order valence-electron chi connectivity index (χ0n) is 17.7. The maximum Gasteiger partial charge on any atom is 0.255 e. The van der Waals surface area contributed by atoms with Crippen molar-refractivity contribution in [2.24, 2.45) is 17.6 Å². The van der Waals surface area contributed by atoms with E-state index in [0.717, 1.165) is 6.08 Å². The third-order valence-electron chi connectivity index (χ3n) is 7.01. The lowest BCUT2D eigenvalue weighted by molar-refractivity contribution is -0.152. The second-order valence-electron chi connectivity index (χ2n) is 8.91. The number of Topliss-reactive ketones (excluding diaryl/α,β-unsaturated/α-hetero) is 2. The molecule has 4 rings (SSSR count). The summed E-state index contributed by atoms with van der Waals surface area (Å²) < 4.78 is 0. The molecular weight excluding hydrogens is 418 g/mol. The van der Waals surface area contributed by atoms with Crippen LogP contribution in [-0.2, 0) is 9.59 Å². The number of hydrogen-bond acceptors (Lipinski definition) is 9. The zero-order valence-corrected chi connectivity index (χ0v) is 17.7. The number of aromatic hydroxyl groups is 1. The number of primary amides is 1. The molecule has 6 atom stereocenters. The Morgan fingerprint density at radius 1 is 1.19 bits per heavy atom. The lowest BCUT2D eigenvalue weighted by Crippen LogP contribution is -2.66. The number of carbonyl (C=O) groups is 3. The minimum Gasteiger partial charge on any atom is -0.510 e. The highest BCUT2D eigenvalue weighted by atomic mass is 16.3. The second kappa shape index (κ2) is 6.89. The standard InChI is InChI=1S/C22H25N3O7/c1-7-8-4-5-10(23)17(27)12(8)16(26)9-6-22(32)14(18(28)11(7)9)15(25(2)3)19(29)13(20(22)30)21(24)31/h4-7,11,14-15,18,27-29,32H,23H2,1-3H3,(H2,24,31)/t7-,11?,14?,15-,18-,22+/m0/s1. The maximum atomic E-state index is 13.4. The van der Waals surface area contributed by atoms with Gasteiger partial charge in [-0.05, 0) is 37.7 Å². The van der Waals surface area contributed by atoms with Crippen LogP contribution in [0.4, 0.5) is 5.69 Å². The van der Waals surface area contributed by atoms with Gasteiger partial charge in [0, 0.05) is 17.4 Å². The molecule has 10 nitrogen and oxygen atoms in total. The molecule has 10 heteroatoms. The van der Waals surface area contributed by atoms with Crippen molar-refractivity contribution in [3.8, 4) is 5.75 Å². The topological polar surface area (TPSA) is 187 Å². The first-order valence-corrected chi connectivity index (χ1v) is 10.1. The van der Waals surface area contributed by atoms with Gasteiger partial charge >= 0.3 is 0 Å². The normalized spacial score (nSPS) is 34.1. The third-order valence-corrected chi connectivity index (χ3v) is 7.01. The van der Waals surface area contributed by atoms with Crippen LogP contribution < -0.4 is 11.5 Å². The summed E-state index contributed by atoms with van der Waals surface area (Å²) in [5, 5.41) is 44.0. The number of anilines is 1. The Morgan fingerprint density at radius 2 is 1.81 bits per heavy atom. The first-order valence-electron chi connectivity index (χ1n) is 10.1. The smallest absolute Gasteiger partial charge is 0.255 e. The van der Waals surface area contributed by atoms with E-state index >= 15 is 0 Å². The van der Waals surface area contributed by atoms with Gasteiger partial charge in [0.1, 0.15) is 17.1 Å². The molecule has 3 aliphatic carbocycles. The van der Waals surface area contributed by atoms with E-state index in [1.54, 1.807) is 27.1 Å².